The summed E-state index contributed by atoms with van der Waals surface area (Å²) < 4.78 is 69.7. The second kappa shape index (κ2) is 11.8. The highest BCUT2D eigenvalue weighted by atomic mass is 32.2. The molecule has 0 spiro atoms. The summed E-state index contributed by atoms with van der Waals surface area (Å²) in [4.78, 5) is 15.1. The zero-order chi connectivity index (χ0) is 31.9. The third-order valence-corrected chi connectivity index (χ3v) is 9.07. The number of allylic oxidation sites excluding steroid dienone is 6. The van der Waals surface area contributed by atoms with E-state index in [2.05, 4.69) is 18.9 Å². The van der Waals surface area contributed by atoms with Crippen LogP contribution in [0.1, 0.15) is 40.0 Å². The van der Waals surface area contributed by atoms with Gasteiger partial charge in [-0.3, -0.25) is 13.9 Å². The molecule has 2 aliphatic heterocycles. The summed E-state index contributed by atoms with van der Waals surface area (Å²) in [6.45, 7) is 6.34. The van der Waals surface area contributed by atoms with Crippen LogP contribution in [0, 0.1) is 5.41 Å². The Bertz CT molecular complexity index is 1870. The average Bonchev–Trinajstić information content (AvgIpc) is 3.42. The van der Waals surface area contributed by atoms with Crippen LogP contribution >= 0.6 is 0 Å². The quantitative estimate of drug-likeness (QED) is 0.290. The molecular weight excluding hydrogens is 606 g/mol. The van der Waals surface area contributed by atoms with Gasteiger partial charge in [0.05, 0.1) is 33.3 Å². The minimum absolute atomic E-state index is 0.156. The molecule has 0 radical (unpaired) electrons. The number of fused-ring (bicyclic) bond motifs is 1. The average molecular weight is 640 g/mol. The largest absolute Gasteiger partial charge is 0.439 e. The third kappa shape index (κ3) is 7.02. The summed E-state index contributed by atoms with van der Waals surface area (Å²) in [7, 11) is -8.44. The number of amides is 1. The summed E-state index contributed by atoms with van der Waals surface area (Å²) in [5, 5.41) is 5.67. The Hall–Kier alpha value is -4.04. The fourth-order valence-electron chi connectivity index (χ4n) is 5.60. The van der Waals surface area contributed by atoms with Crippen molar-refractivity contribution in [2.45, 2.75) is 44.9 Å². The van der Waals surface area contributed by atoms with Crippen molar-refractivity contribution in [3.05, 3.63) is 95.4 Å². The van der Waals surface area contributed by atoms with E-state index in [4.69, 9.17) is 9.29 Å². The minimum atomic E-state index is -4.36. The molecule has 2 heterocycles. The molecule has 11 nitrogen and oxygen atoms in total. The maximum Gasteiger partial charge on any atom is 0.294 e. The van der Waals surface area contributed by atoms with Crippen molar-refractivity contribution in [1.82, 2.24) is 0 Å². The molecule has 0 bridgehead atoms. The second-order valence-electron chi connectivity index (χ2n) is 11.6. The van der Waals surface area contributed by atoms with E-state index in [1.165, 1.54) is 29.3 Å². The number of hydrazone groups is 1. The lowest BCUT2D eigenvalue weighted by Crippen LogP contribution is -2.24. The lowest BCUT2D eigenvalue weighted by atomic mass is 9.73. The van der Waals surface area contributed by atoms with Crippen molar-refractivity contribution in [3.8, 4) is 5.75 Å². The van der Waals surface area contributed by atoms with E-state index in [0.717, 1.165) is 23.3 Å². The van der Waals surface area contributed by atoms with Gasteiger partial charge < -0.3 is 9.64 Å². The molecule has 232 valence electrons. The summed E-state index contributed by atoms with van der Waals surface area (Å²) in [5.74, 6) is 0.490. The first kappa shape index (κ1) is 31.4. The monoisotopic (exact) mass is 639 g/mol. The molecule has 0 unspecified atom stereocenters. The number of nitrogens with zero attached hydrogens (tertiary/aromatic N) is 3. The molecule has 0 saturated carbocycles. The van der Waals surface area contributed by atoms with Gasteiger partial charge in [-0.25, -0.2) is 0 Å². The van der Waals surface area contributed by atoms with Crippen molar-refractivity contribution >= 4 is 43.2 Å². The number of para-hydroxylation sites is 2. The molecule has 0 aromatic heterocycles. The van der Waals surface area contributed by atoms with E-state index in [1.54, 1.807) is 13.0 Å². The van der Waals surface area contributed by atoms with Gasteiger partial charge in [-0.15, -0.1) is 0 Å². The summed E-state index contributed by atoms with van der Waals surface area (Å²) in [6, 6.07) is 12.7. The van der Waals surface area contributed by atoms with Crippen molar-refractivity contribution in [2.75, 3.05) is 22.2 Å². The SMILES string of the molecule is CC1=NN(c2ccc(S(=O)(=O)O)cc2)C(=O)/C1=C1C=C(/C=C/C=C2/Oc3ccccc3N2CCCS(=O)(=O)O)CC(C)(C)C/1. The van der Waals surface area contributed by atoms with E-state index in [9.17, 15) is 26.2 Å². The van der Waals surface area contributed by atoms with Gasteiger partial charge in [-0.05, 0) is 85.2 Å². The Labute approximate surface area is 257 Å². The predicted octanol–water partition coefficient (Wildman–Crippen LogP) is 5.27. The van der Waals surface area contributed by atoms with E-state index >= 15 is 0 Å². The Morgan fingerprint density at radius 1 is 1.02 bits per heavy atom. The van der Waals surface area contributed by atoms with Gasteiger partial charge in [0, 0.05) is 6.54 Å². The van der Waals surface area contributed by atoms with Crippen molar-refractivity contribution in [2.24, 2.45) is 10.5 Å². The standard InChI is InChI=1S/C31H33N3O8S2/c1-21-29(30(35)34(32-21)24-12-14-25(15-13-24)44(39,40)41)23-18-22(19-31(2,3)20-23)8-6-11-28-33(16-7-17-43(36,37)38)26-9-4-5-10-27(26)42-28/h4-6,8-15,18H,7,16-17,19-20H2,1-3H3,(H,36,37,38)(H,39,40,41)/b8-6+,28-11+,29-23-. The number of benzene rings is 2. The van der Waals surface area contributed by atoms with Gasteiger partial charge in [0.15, 0.2) is 5.75 Å². The minimum Gasteiger partial charge on any atom is -0.439 e. The number of hydrogen-bond donors (Lipinski definition) is 2. The van der Waals surface area contributed by atoms with Gasteiger partial charge in [-0.2, -0.15) is 26.9 Å². The lowest BCUT2D eigenvalue weighted by Gasteiger charge is -2.31. The molecule has 13 heteroatoms. The zero-order valence-electron chi connectivity index (χ0n) is 24.5. The van der Waals surface area contributed by atoms with Crippen LogP contribution in [-0.2, 0) is 25.0 Å². The molecule has 2 N–H and O–H groups in total. The van der Waals surface area contributed by atoms with Gasteiger partial charge in [-0.1, -0.05) is 44.2 Å². The molecule has 0 fully saturated rings. The zero-order valence-corrected chi connectivity index (χ0v) is 26.1. The summed E-state index contributed by atoms with van der Waals surface area (Å²) in [6.07, 6.45) is 9.22. The van der Waals surface area contributed by atoms with Crippen LogP contribution in [0.3, 0.4) is 0 Å². The maximum absolute atomic E-state index is 13.5. The highest BCUT2D eigenvalue weighted by molar-refractivity contribution is 7.86. The lowest BCUT2D eigenvalue weighted by molar-refractivity contribution is -0.114. The highest BCUT2D eigenvalue weighted by Crippen LogP contribution is 2.42. The highest BCUT2D eigenvalue weighted by Gasteiger charge is 2.35. The molecule has 1 aliphatic carbocycles. The molecule has 2 aromatic rings. The van der Waals surface area contributed by atoms with Crippen molar-refractivity contribution in [3.63, 3.8) is 0 Å². The molecule has 0 atom stereocenters. The number of hydrogen-bond acceptors (Lipinski definition) is 8. The first-order valence-electron chi connectivity index (χ1n) is 13.9. The summed E-state index contributed by atoms with van der Waals surface area (Å²) in [5.41, 5.74) is 3.89. The molecule has 2 aromatic carbocycles. The van der Waals surface area contributed by atoms with Crippen LogP contribution in [0.4, 0.5) is 11.4 Å². The molecule has 1 amide bonds. The molecule has 3 aliphatic rings. The number of carbonyl (C=O) groups is 1. The van der Waals surface area contributed by atoms with E-state index in [0.29, 0.717) is 41.6 Å². The Morgan fingerprint density at radius 2 is 1.73 bits per heavy atom. The van der Waals surface area contributed by atoms with Gasteiger partial charge in [0.1, 0.15) is 0 Å². The van der Waals surface area contributed by atoms with E-state index in [-0.39, 0.29) is 28.4 Å². The van der Waals surface area contributed by atoms with Crippen LogP contribution < -0.4 is 14.6 Å². The molecular formula is C31H33N3O8S2. The van der Waals surface area contributed by atoms with Crippen LogP contribution in [0.2, 0.25) is 0 Å². The number of ether oxygens (including phenoxy) is 1. The van der Waals surface area contributed by atoms with Crippen LogP contribution in [0.5, 0.6) is 5.75 Å². The van der Waals surface area contributed by atoms with Crippen LogP contribution in [-0.4, -0.2) is 49.9 Å². The number of carbonyl (C=O) groups excluding carboxylic acids is 1. The number of anilines is 2. The van der Waals surface area contributed by atoms with Crippen molar-refractivity contribution in [1.29, 1.82) is 0 Å². The number of rotatable bonds is 8. The Balaban J connectivity index is 1.40. The van der Waals surface area contributed by atoms with E-state index in [1.807, 2.05) is 47.4 Å². The molecule has 44 heavy (non-hydrogen) atoms. The smallest absolute Gasteiger partial charge is 0.294 e. The molecule has 5 rings (SSSR count). The fourth-order valence-corrected chi connectivity index (χ4v) is 6.57. The van der Waals surface area contributed by atoms with Crippen LogP contribution in [0.25, 0.3) is 0 Å². The first-order valence-corrected chi connectivity index (χ1v) is 17.0. The third-order valence-electron chi connectivity index (χ3n) is 7.40. The normalized spacial score (nSPS) is 21.1. The van der Waals surface area contributed by atoms with Crippen LogP contribution in [0.15, 0.2) is 105 Å². The predicted molar refractivity (Wildman–Crippen MR) is 168 cm³/mol. The Morgan fingerprint density at radius 3 is 2.41 bits per heavy atom. The maximum atomic E-state index is 13.5. The first-order chi connectivity index (χ1) is 20.6. The van der Waals surface area contributed by atoms with Gasteiger partial charge in [0.2, 0.25) is 5.88 Å². The second-order valence-corrected chi connectivity index (χ2v) is 14.6. The Kier molecular flexibility index (Phi) is 8.42. The van der Waals surface area contributed by atoms with Gasteiger partial charge >= 0.3 is 0 Å². The molecule has 0 saturated heterocycles. The van der Waals surface area contributed by atoms with E-state index < -0.39 is 20.2 Å². The van der Waals surface area contributed by atoms with Crippen molar-refractivity contribution < 1.29 is 35.5 Å². The summed E-state index contributed by atoms with van der Waals surface area (Å²) >= 11 is 0. The van der Waals surface area contributed by atoms with Gasteiger partial charge in [0.25, 0.3) is 26.1 Å². The fraction of sp³-hybridized carbons (Fsp3) is 0.290. The topological polar surface area (TPSA) is 154 Å².